The van der Waals surface area contributed by atoms with Gasteiger partial charge >= 0.3 is 323 Å². The third-order valence-electron chi connectivity index (χ3n) is 8.31. The standard InChI is InChI=1S/C36H41N2O12Te2/c39-35-23(17-33-37-25-19-27-29(21-31(25)51-33)49-15-11-45-7-3-41-1-5-43-9-13-47-27)36(40)24(35)18-34-38-26-20-28-30(22-32(26)52-34)50-16-12-46-8-4-42-2-6-44-10-14-48-28/h17-23,35,37H,1-16H2/q-1/p+1/b24-18-,33-17-. The molecule has 14 nitrogen and oxygen atoms in total. The van der Waals surface area contributed by atoms with Crippen LogP contribution in [0.25, 0.3) is 15.0 Å². The van der Waals surface area contributed by atoms with Gasteiger partial charge in [0.2, 0.25) is 0 Å². The molecule has 2 unspecified atom stereocenters. The molecular formula is C36H42N2O12Te2. The van der Waals surface area contributed by atoms with Gasteiger partial charge in [-0.2, -0.15) is 0 Å². The van der Waals surface area contributed by atoms with Crippen molar-refractivity contribution in [1.82, 2.24) is 0 Å². The third-order valence-corrected chi connectivity index (χ3v) is 14.1. The molecule has 2 atom stereocenters. The number of fused-ring (bicyclic) bond motifs is 4. The summed E-state index contributed by atoms with van der Waals surface area (Å²) in [4.78, 5) is 16.8. The molecule has 0 amide bonds. The van der Waals surface area contributed by atoms with E-state index in [9.17, 15) is 9.90 Å². The Morgan fingerprint density at radius 2 is 1.13 bits per heavy atom. The predicted molar refractivity (Wildman–Crippen MR) is 188 cm³/mol. The second kappa shape index (κ2) is 19.2. The number of Topliss-reactive ketones (excluding diaryl/α,β-unsaturated/α-hetero) is 1. The second-order valence-electron chi connectivity index (χ2n) is 11.9. The topological polar surface area (TPSA) is 159 Å². The van der Waals surface area contributed by atoms with E-state index < -0.39 is 53.4 Å². The molecule has 280 valence electrons. The van der Waals surface area contributed by atoms with Gasteiger partial charge < -0.3 is 0 Å². The van der Waals surface area contributed by atoms with Gasteiger partial charge in [0.1, 0.15) is 0 Å². The van der Waals surface area contributed by atoms with Gasteiger partial charge in [-0.05, 0) is 0 Å². The van der Waals surface area contributed by atoms with Crippen molar-refractivity contribution in [2.75, 3.05) is 111 Å². The van der Waals surface area contributed by atoms with Crippen LogP contribution in [0.3, 0.4) is 0 Å². The van der Waals surface area contributed by atoms with Crippen LogP contribution in [0, 0.1) is 5.92 Å². The summed E-state index contributed by atoms with van der Waals surface area (Å²) in [6.45, 7) is 7.12. The molecule has 1 aromatic heterocycles. The molecular weight excluding hydrogens is 908 g/mol. The molecule has 1 aliphatic carbocycles. The summed E-state index contributed by atoms with van der Waals surface area (Å²) in [5, 5.41) is 16.9. The van der Waals surface area contributed by atoms with E-state index in [1.54, 1.807) is 6.08 Å². The first-order valence-corrected chi connectivity index (χ1v) is 22.0. The van der Waals surface area contributed by atoms with Crippen molar-refractivity contribution in [3.63, 3.8) is 0 Å². The van der Waals surface area contributed by atoms with Gasteiger partial charge in [0, 0.05) is 0 Å². The van der Waals surface area contributed by atoms with E-state index in [1.807, 2.05) is 30.3 Å². The normalized spacial score (nSPS) is 24.5. The first kappa shape index (κ1) is 37.9. The number of ether oxygens (including phenoxy) is 10. The van der Waals surface area contributed by atoms with Crippen LogP contribution in [-0.2, 0) is 33.2 Å². The molecule has 16 heteroatoms. The molecule has 7 rings (SSSR count). The van der Waals surface area contributed by atoms with E-state index in [2.05, 4.69) is 10.3 Å². The molecule has 2 N–H and O–H groups in total. The number of H-pyrrole nitrogens is 1. The molecule has 3 aromatic rings. The van der Waals surface area contributed by atoms with Gasteiger partial charge in [-0.3, -0.25) is 0 Å². The number of hydrogen-bond acceptors (Lipinski definition) is 13. The van der Waals surface area contributed by atoms with Crippen LogP contribution in [0.5, 0.6) is 23.0 Å². The van der Waals surface area contributed by atoms with Crippen LogP contribution in [0.4, 0.5) is 5.69 Å². The molecule has 0 saturated heterocycles. The van der Waals surface area contributed by atoms with Crippen molar-refractivity contribution in [2.45, 2.75) is 6.10 Å². The van der Waals surface area contributed by atoms with Crippen LogP contribution >= 0.6 is 0 Å². The Hall–Kier alpha value is -2.44. The number of ketones is 1. The number of carbonyl (C=O) groups excluding carboxylic acids is 1. The van der Waals surface area contributed by atoms with E-state index in [0.29, 0.717) is 134 Å². The number of benzene rings is 2. The molecule has 0 bridgehead atoms. The Bertz CT molecular complexity index is 1650. The Labute approximate surface area is 321 Å². The molecule has 3 aliphatic heterocycles. The van der Waals surface area contributed by atoms with Crippen LogP contribution in [0.2, 0.25) is 0 Å². The van der Waals surface area contributed by atoms with Gasteiger partial charge in [0.15, 0.2) is 0 Å². The average molecular weight is 950 g/mol. The van der Waals surface area contributed by atoms with Gasteiger partial charge in [-0.15, -0.1) is 0 Å². The quantitative estimate of drug-likeness (QED) is 0.270. The zero-order valence-corrected chi connectivity index (χ0v) is 33.3. The molecule has 2 aromatic carbocycles. The van der Waals surface area contributed by atoms with Crippen molar-refractivity contribution < 1.29 is 62.3 Å². The van der Waals surface area contributed by atoms with Crippen molar-refractivity contribution in [2.24, 2.45) is 5.92 Å². The Kier molecular flexibility index (Phi) is 14.0. The van der Waals surface area contributed by atoms with E-state index in [0.717, 1.165) is 25.7 Å². The van der Waals surface area contributed by atoms with Gasteiger partial charge in [0.25, 0.3) is 0 Å². The fraction of sp³-hybridized carbons (Fsp3) is 0.500. The third kappa shape index (κ3) is 10.00. The molecule has 0 radical (unpaired) electrons. The zero-order chi connectivity index (χ0) is 35.5. The summed E-state index contributed by atoms with van der Waals surface area (Å²) in [6.07, 6.45) is 2.47. The van der Waals surface area contributed by atoms with Crippen molar-refractivity contribution in [1.29, 1.82) is 0 Å². The van der Waals surface area contributed by atoms with E-state index in [-0.39, 0.29) is 5.78 Å². The summed E-state index contributed by atoms with van der Waals surface area (Å²) in [5.41, 5.74) is 2.13. The van der Waals surface area contributed by atoms with Crippen LogP contribution in [0.15, 0.2) is 39.7 Å². The maximum absolute atomic E-state index is 13.4. The summed E-state index contributed by atoms with van der Waals surface area (Å²) in [5.74, 6) is 1.64. The van der Waals surface area contributed by atoms with Crippen molar-refractivity contribution in [3.05, 3.63) is 43.4 Å². The van der Waals surface area contributed by atoms with Crippen LogP contribution in [0.1, 0.15) is 3.71 Å². The second-order valence-corrected chi connectivity index (χ2v) is 18.1. The monoisotopic (exact) mass is 954 g/mol. The fourth-order valence-electron chi connectivity index (χ4n) is 5.71. The van der Waals surface area contributed by atoms with Gasteiger partial charge in [-0.1, -0.05) is 0 Å². The molecule has 52 heavy (non-hydrogen) atoms. The predicted octanol–water partition coefficient (Wildman–Crippen LogP) is -0.0393. The summed E-state index contributed by atoms with van der Waals surface area (Å²) >= 11 is -1.77. The average Bonchev–Trinajstić information content (AvgIpc) is 3.74. The molecule has 1 fully saturated rings. The Balaban J connectivity index is 1.01. The molecule has 0 spiro atoms. The summed E-state index contributed by atoms with van der Waals surface area (Å²) in [6, 6.07) is 7.84. The summed E-state index contributed by atoms with van der Waals surface area (Å²) in [7, 11) is 0. The number of aromatic nitrogens is 1. The number of carbonyl (C=O) groups is 1. The van der Waals surface area contributed by atoms with Crippen molar-refractivity contribution >= 4 is 71.4 Å². The molecule has 4 aliphatic rings. The van der Waals surface area contributed by atoms with Crippen LogP contribution < -0.4 is 38.0 Å². The molecule has 1 saturated carbocycles. The molecule has 4 heterocycles. The van der Waals surface area contributed by atoms with Gasteiger partial charge in [0.05, 0.1) is 0 Å². The van der Waals surface area contributed by atoms with E-state index in [4.69, 9.17) is 47.4 Å². The maximum atomic E-state index is 13.4. The SMILES string of the molecule is O=C1/C(=C\c2[nH+]c3cc4c(cc3[te]2)OCCOCCOCCOCCO4)C([O-])C1/C=C1/Nc2cc3c(cc2[Te]1)OCCOCCOCCOCCO3. The fourth-order valence-corrected chi connectivity index (χ4v) is 11.3. The number of hydrogen-bond donors (Lipinski definition) is 1. The van der Waals surface area contributed by atoms with E-state index >= 15 is 0 Å². The number of aromatic amines is 1. The van der Waals surface area contributed by atoms with Crippen LogP contribution in [-0.4, -0.2) is 159 Å². The van der Waals surface area contributed by atoms with Crippen molar-refractivity contribution in [3.8, 4) is 23.0 Å². The minimum atomic E-state index is -1.13. The number of anilines is 1. The van der Waals surface area contributed by atoms with E-state index in [1.165, 1.54) is 0 Å². The first-order chi connectivity index (χ1) is 25.6. The number of rotatable bonds is 2. The minimum absolute atomic E-state index is 0.131. The first-order valence-electron chi connectivity index (χ1n) is 17.4. The number of nitrogens with one attached hydrogen (secondary N) is 2. The summed E-state index contributed by atoms with van der Waals surface area (Å²) < 4.78 is 61.6. The Morgan fingerprint density at radius 1 is 0.654 bits per heavy atom. The Morgan fingerprint density at radius 3 is 1.67 bits per heavy atom. The zero-order valence-electron chi connectivity index (χ0n) is 28.6. The van der Waals surface area contributed by atoms with Gasteiger partial charge in [-0.25, -0.2) is 0 Å².